The van der Waals surface area contributed by atoms with Gasteiger partial charge < -0.3 is 20.7 Å². The number of aliphatic hydroxyl groups excluding tert-OH is 1. The normalized spacial score (nSPS) is 42.4. The summed E-state index contributed by atoms with van der Waals surface area (Å²) in [5.41, 5.74) is 9.50. The number of benzene rings is 1. The van der Waals surface area contributed by atoms with Crippen LogP contribution in [0.25, 0.3) is 0 Å². The molecule has 218 valence electrons. The first kappa shape index (κ1) is 27.3. The van der Waals surface area contributed by atoms with Crippen LogP contribution in [0.1, 0.15) is 114 Å². The van der Waals surface area contributed by atoms with E-state index < -0.39 is 5.54 Å². The number of aromatic hydroxyl groups is 1. The first-order chi connectivity index (χ1) is 19.3. The van der Waals surface area contributed by atoms with Gasteiger partial charge in [-0.05, 0) is 124 Å². The second kappa shape index (κ2) is 10.0. The van der Waals surface area contributed by atoms with Crippen molar-refractivity contribution in [3.05, 3.63) is 29.3 Å². The minimum absolute atomic E-state index is 0.0661. The van der Waals surface area contributed by atoms with E-state index in [1.165, 1.54) is 88.2 Å². The molecular weight excluding hydrogens is 494 g/mol. The molecule has 0 amide bonds. The van der Waals surface area contributed by atoms with Crippen LogP contribution in [-0.4, -0.2) is 33.6 Å². The molecule has 6 fully saturated rings. The van der Waals surface area contributed by atoms with Crippen molar-refractivity contribution in [1.29, 1.82) is 0 Å². The molecule has 4 saturated carbocycles. The largest absolute Gasteiger partial charge is 0.508 e. The molecule has 4 N–H and O–H groups in total. The van der Waals surface area contributed by atoms with Gasteiger partial charge in [-0.1, -0.05) is 50.0 Å². The molecular formula is C36H51NO3. The van der Waals surface area contributed by atoms with Gasteiger partial charge in [-0.2, -0.15) is 0 Å². The van der Waals surface area contributed by atoms with Crippen LogP contribution in [0.5, 0.6) is 5.75 Å². The Labute approximate surface area is 241 Å². The molecule has 0 aromatic heterocycles. The van der Waals surface area contributed by atoms with Gasteiger partial charge in [0.2, 0.25) is 0 Å². The second-order valence-corrected chi connectivity index (χ2v) is 15.3. The van der Waals surface area contributed by atoms with Gasteiger partial charge in [0.25, 0.3) is 0 Å². The smallest absolute Gasteiger partial charge is 0.115 e. The Kier molecular flexibility index (Phi) is 6.85. The van der Waals surface area contributed by atoms with Crippen LogP contribution in [0.15, 0.2) is 18.2 Å². The van der Waals surface area contributed by atoms with Crippen molar-refractivity contribution in [2.75, 3.05) is 6.61 Å². The highest BCUT2D eigenvalue weighted by Crippen LogP contribution is 2.67. The van der Waals surface area contributed by atoms with E-state index in [1.54, 1.807) is 0 Å². The lowest BCUT2D eigenvalue weighted by atomic mass is 9.45. The summed E-state index contributed by atoms with van der Waals surface area (Å²) in [6.07, 6.45) is 20.0. The molecule has 2 aliphatic heterocycles. The van der Waals surface area contributed by atoms with Crippen molar-refractivity contribution in [2.24, 2.45) is 40.7 Å². The number of fused-ring (bicyclic) bond motifs is 5. The first-order valence-corrected chi connectivity index (χ1v) is 16.7. The summed E-state index contributed by atoms with van der Waals surface area (Å²) in [7, 11) is 0. The third kappa shape index (κ3) is 4.20. The Balaban J connectivity index is 1.39. The average molecular weight is 546 g/mol. The van der Waals surface area contributed by atoms with Crippen molar-refractivity contribution in [2.45, 2.75) is 133 Å². The maximum absolute atomic E-state index is 10.5. The summed E-state index contributed by atoms with van der Waals surface area (Å²) in [6.45, 7) is 2.53. The molecule has 1 aromatic carbocycles. The monoisotopic (exact) mass is 545 g/mol. The highest BCUT2D eigenvalue weighted by Gasteiger charge is 2.71. The third-order valence-electron chi connectivity index (χ3n) is 13.2. The first-order valence-electron chi connectivity index (χ1n) is 16.7. The van der Waals surface area contributed by atoms with Crippen molar-refractivity contribution in [1.82, 2.24) is 0 Å². The quantitative estimate of drug-likeness (QED) is 0.370. The summed E-state index contributed by atoms with van der Waals surface area (Å²) < 4.78 is 7.80. The van der Waals surface area contributed by atoms with Gasteiger partial charge >= 0.3 is 0 Å². The number of rotatable bonds is 3. The van der Waals surface area contributed by atoms with Crippen LogP contribution in [0.3, 0.4) is 0 Å². The van der Waals surface area contributed by atoms with Crippen LogP contribution in [-0.2, 0) is 17.6 Å². The molecule has 0 unspecified atom stereocenters. The van der Waals surface area contributed by atoms with Crippen LogP contribution >= 0.6 is 0 Å². The van der Waals surface area contributed by atoms with E-state index in [2.05, 4.69) is 24.8 Å². The zero-order valence-corrected chi connectivity index (χ0v) is 24.7. The van der Waals surface area contributed by atoms with Gasteiger partial charge in [0.1, 0.15) is 5.75 Å². The molecule has 4 nitrogen and oxygen atoms in total. The number of nitrogens with two attached hydrogens (primary N) is 1. The maximum atomic E-state index is 10.5. The summed E-state index contributed by atoms with van der Waals surface area (Å²) in [5.74, 6) is 9.51. The number of hydrogen-bond acceptors (Lipinski definition) is 4. The lowest BCUT2D eigenvalue weighted by Crippen LogP contribution is -2.79. The van der Waals surface area contributed by atoms with E-state index in [0.717, 1.165) is 19.3 Å². The molecule has 1 aromatic rings. The molecule has 2 spiro atoms. The lowest BCUT2D eigenvalue weighted by Gasteiger charge is -2.70. The molecule has 40 heavy (non-hydrogen) atoms. The number of phenolic OH excluding ortho intramolecular Hbond substituents is 1. The van der Waals surface area contributed by atoms with E-state index in [0.29, 0.717) is 41.8 Å². The summed E-state index contributed by atoms with van der Waals surface area (Å²) in [5, 5.41) is 20.8. The molecule has 2 saturated heterocycles. The Hall–Kier alpha value is -1.54. The van der Waals surface area contributed by atoms with Gasteiger partial charge in [0.15, 0.2) is 0 Å². The number of phenols is 1. The second-order valence-electron chi connectivity index (χ2n) is 15.3. The van der Waals surface area contributed by atoms with E-state index in [-0.39, 0.29) is 29.6 Å². The summed E-state index contributed by atoms with van der Waals surface area (Å²) >= 11 is 0. The summed E-state index contributed by atoms with van der Waals surface area (Å²) in [4.78, 5) is 0. The van der Waals surface area contributed by atoms with Gasteiger partial charge in [-0.3, -0.25) is 0 Å². The van der Waals surface area contributed by atoms with Crippen LogP contribution in [0.4, 0.5) is 0 Å². The lowest BCUT2D eigenvalue weighted by molar-refractivity contribution is -0.331. The Morgan fingerprint density at radius 2 is 1.77 bits per heavy atom. The predicted octanol–water partition coefficient (Wildman–Crippen LogP) is 6.69. The molecule has 7 aliphatic rings. The van der Waals surface area contributed by atoms with E-state index >= 15 is 0 Å². The average Bonchev–Trinajstić information content (AvgIpc) is 3.38. The topological polar surface area (TPSA) is 75.7 Å². The molecule has 7 atom stereocenters. The SMILES string of the molecule is C[C@]1(C2CCCCC2)O[C@@]23CC[C@@H]1[C@](N)(CCO)[C@H]2C#CCc1cc(O)ccc1C[C@@H]1C[C@H]3CC2(CCCC2)C1. The van der Waals surface area contributed by atoms with E-state index in [1.807, 2.05) is 12.1 Å². The van der Waals surface area contributed by atoms with Crippen LogP contribution < -0.4 is 5.73 Å². The number of aliphatic hydroxyl groups is 1. The van der Waals surface area contributed by atoms with Gasteiger partial charge in [0.05, 0.1) is 17.1 Å². The summed E-state index contributed by atoms with van der Waals surface area (Å²) in [6, 6.07) is 5.96. The van der Waals surface area contributed by atoms with Crippen molar-refractivity contribution >= 4 is 0 Å². The van der Waals surface area contributed by atoms with Gasteiger partial charge in [-0.25, -0.2) is 0 Å². The molecule has 4 bridgehead atoms. The highest BCUT2D eigenvalue weighted by molar-refractivity contribution is 5.39. The standard InChI is InChI=1S/C36H51NO3/c1-33(28-9-3-2-4-10-28)31-14-17-36(40-33)29-21-25(23-34(24-29)15-5-6-16-34)20-27-12-13-30(39)22-26(27)8-7-11-32(36)35(31,37)18-19-38/h12-13,22,25,28-29,31-32,38-39H,2-6,8-10,14-21,23-24,37H2,1H3/t25-,29+,31+,32-,33-,35-,36-/m1/s1. The maximum Gasteiger partial charge on any atom is 0.115 e. The molecule has 4 heteroatoms. The zero-order valence-electron chi connectivity index (χ0n) is 24.7. The fourth-order valence-corrected chi connectivity index (χ4v) is 11.6. The Morgan fingerprint density at radius 1 is 0.975 bits per heavy atom. The molecule has 0 radical (unpaired) electrons. The Bertz CT molecular complexity index is 1170. The van der Waals surface area contributed by atoms with Crippen LogP contribution in [0, 0.1) is 46.8 Å². The van der Waals surface area contributed by atoms with E-state index in [4.69, 9.17) is 10.5 Å². The predicted molar refractivity (Wildman–Crippen MR) is 159 cm³/mol. The highest BCUT2D eigenvalue weighted by atomic mass is 16.5. The van der Waals surface area contributed by atoms with Crippen molar-refractivity contribution in [3.8, 4) is 17.6 Å². The third-order valence-corrected chi connectivity index (χ3v) is 13.2. The van der Waals surface area contributed by atoms with Crippen molar-refractivity contribution < 1.29 is 14.9 Å². The Morgan fingerprint density at radius 3 is 2.55 bits per heavy atom. The van der Waals surface area contributed by atoms with Crippen LogP contribution in [0.2, 0.25) is 0 Å². The zero-order chi connectivity index (χ0) is 27.6. The molecule has 5 aliphatic carbocycles. The fourth-order valence-electron chi connectivity index (χ4n) is 11.6. The van der Waals surface area contributed by atoms with Crippen molar-refractivity contribution in [3.63, 3.8) is 0 Å². The van der Waals surface area contributed by atoms with Gasteiger partial charge in [-0.15, -0.1) is 0 Å². The fraction of sp³-hybridized carbons (Fsp3) is 0.778. The number of hydrogen-bond donors (Lipinski definition) is 3. The van der Waals surface area contributed by atoms with Gasteiger partial charge in [0, 0.05) is 24.5 Å². The van der Waals surface area contributed by atoms with E-state index in [9.17, 15) is 10.2 Å². The molecule has 2 heterocycles. The number of ether oxygens (including phenoxy) is 1. The molecule has 8 rings (SSSR count). The minimum Gasteiger partial charge on any atom is -0.508 e. The minimum atomic E-state index is -0.546.